The summed E-state index contributed by atoms with van der Waals surface area (Å²) in [5, 5.41) is 8.55. The van der Waals surface area contributed by atoms with Crippen LogP contribution >= 0.6 is 0 Å². The third kappa shape index (κ3) is 3.27. The van der Waals surface area contributed by atoms with Crippen molar-refractivity contribution in [1.29, 1.82) is 0 Å². The van der Waals surface area contributed by atoms with Crippen molar-refractivity contribution in [2.45, 2.75) is 38.3 Å². The van der Waals surface area contributed by atoms with Gasteiger partial charge >= 0.3 is 0 Å². The van der Waals surface area contributed by atoms with Crippen molar-refractivity contribution in [3.63, 3.8) is 0 Å². The number of carbonyl (C=O) groups is 1. The van der Waals surface area contributed by atoms with Gasteiger partial charge in [0.15, 0.2) is 0 Å². The zero-order valence-electron chi connectivity index (χ0n) is 13.4. The van der Waals surface area contributed by atoms with Crippen LogP contribution in [0.4, 0.5) is 0 Å². The fourth-order valence-corrected chi connectivity index (χ4v) is 3.05. The predicted octanol–water partition coefficient (Wildman–Crippen LogP) is 1.16. The lowest BCUT2D eigenvalue weighted by atomic mass is 10.1. The SMILES string of the molecule is C[C@H](NC(=O)Cc1nn(C)c(=O)c2ccccc12)[C@H]1CCCO1. The van der Waals surface area contributed by atoms with Gasteiger partial charge < -0.3 is 10.1 Å². The molecule has 3 rings (SSSR count). The van der Waals surface area contributed by atoms with Gasteiger partial charge in [-0.3, -0.25) is 9.59 Å². The highest BCUT2D eigenvalue weighted by atomic mass is 16.5. The number of benzene rings is 1. The summed E-state index contributed by atoms with van der Waals surface area (Å²) in [5.41, 5.74) is 0.456. The predicted molar refractivity (Wildman–Crippen MR) is 87.3 cm³/mol. The van der Waals surface area contributed by atoms with Gasteiger partial charge in [-0.05, 0) is 25.8 Å². The Morgan fingerprint density at radius 2 is 2.17 bits per heavy atom. The first-order valence-electron chi connectivity index (χ1n) is 7.92. The van der Waals surface area contributed by atoms with Gasteiger partial charge in [0, 0.05) is 19.0 Å². The Morgan fingerprint density at radius 1 is 1.43 bits per heavy atom. The summed E-state index contributed by atoms with van der Waals surface area (Å²) in [7, 11) is 1.60. The Balaban J connectivity index is 1.79. The maximum Gasteiger partial charge on any atom is 0.274 e. The van der Waals surface area contributed by atoms with Crippen molar-refractivity contribution < 1.29 is 9.53 Å². The van der Waals surface area contributed by atoms with Gasteiger partial charge in [-0.2, -0.15) is 5.10 Å². The minimum atomic E-state index is -0.155. The topological polar surface area (TPSA) is 73.2 Å². The number of amides is 1. The molecule has 2 atom stereocenters. The van der Waals surface area contributed by atoms with Gasteiger partial charge in [-0.25, -0.2) is 4.68 Å². The van der Waals surface area contributed by atoms with Gasteiger partial charge in [0.1, 0.15) is 0 Å². The van der Waals surface area contributed by atoms with Crippen LogP contribution < -0.4 is 10.9 Å². The van der Waals surface area contributed by atoms with Gasteiger partial charge in [-0.15, -0.1) is 0 Å². The van der Waals surface area contributed by atoms with Crippen LogP contribution in [0.25, 0.3) is 10.8 Å². The first-order chi connectivity index (χ1) is 11.1. The maximum absolute atomic E-state index is 12.3. The van der Waals surface area contributed by atoms with Crippen molar-refractivity contribution >= 4 is 16.7 Å². The molecule has 1 aromatic carbocycles. The standard InChI is InChI=1S/C17H21N3O3/c1-11(15-8-5-9-23-15)18-16(21)10-14-12-6-3-4-7-13(12)17(22)20(2)19-14/h3-4,6-7,11,15H,5,8-10H2,1-2H3,(H,18,21)/t11-,15+/m0/s1. The van der Waals surface area contributed by atoms with Gasteiger partial charge in [0.2, 0.25) is 5.91 Å². The van der Waals surface area contributed by atoms with Crippen LogP contribution in [0.1, 0.15) is 25.5 Å². The molecule has 1 aromatic heterocycles. The lowest BCUT2D eigenvalue weighted by Gasteiger charge is -2.20. The van der Waals surface area contributed by atoms with E-state index in [1.165, 1.54) is 4.68 Å². The third-order valence-electron chi connectivity index (χ3n) is 4.27. The van der Waals surface area contributed by atoms with Crippen LogP contribution in [0.5, 0.6) is 0 Å². The lowest BCUT2D eigenvalue weighted by Crippen LogP contribution is -2.41. The number of carbonyl (C=O) groups excluding carboxylic acids is 1. The van der Waals surface area contributed by atoms with Crippen molar-refractivity contribution in [3.05, 3.63) is 40.3 Å². The number of nitrogens with one attached hydrogen (secondary N) is 1. The van der Waals surface area contributed by atoms with Crippen molar-refractivity contribution in [1.82, 2.24) is 15.1 Å². The number of aromatic nitrogens is 2. The quantitative estimate of drug-likeness (QED) is 0.919. The zero-order valence-corrected chi connectivity index (χ0v) is 13.4. The molecular weight excluding hydrogens is 294 g/mol. The first-order valence-corrected chi connectivity index (χ1v) is 7.92. The molecule has 6 heteroatoms. The molecule has 0 spiro atoms. The summed E-state index contributed by atoms with van der Waals surface area (Å²) in [6, 6.07) is 7.22. The van der Waals surface area contributed by atoms with Crippen LogP contribution in [-0.2, 0) is 23.0 Å². The van der Waals surface area contributed by atoms with Crippen LogP contribution in [0.2, 0.25) is 0 Å². The number of fused-ring (bicyclic) bond motifs is 1. The molecule has 122 valence electrons. The lowest BCUT2D eigenvalue weighted by molar-refractivity contribution is -0.121. The minimum absolute atomic E-state index is 0.0243. The Hall–Kier alpha value is -2.21. The molecule has 1 saturated heterocycles. The first kappa shape index (κ1) is 15.7. The average Bonchev–Trinajstić information content (AvgIpc) is 3.07. The summed E-state index contributed by atoms with van der Waals surface area (Å²) in [6.07, 6.45) is 2.25. The molecule has 23 heavy (non-hydrogen) atoms. The number of nitrogens with zero attached hydrogens (tertiary/aromatic N) is 2. The molecule has 0 bridgehead atoms. The van der Waals surface area contributed by atoms with E-state index in [4.69, 9.17) is 4.74 Å². The number of hydrogen-bond acceptors (Lipinski definition) is 4. The minimum Gasteiger partial charge on any atom is -0.376 e. The van der Waals surface area contributed by atoms with Crippen molar-refractivity contribution in [2.75, 3.05) is 6.61 Å². The average molecular weight is 315 g/mol. The van der Waals surface area contributed by atoms with Crippen molar-refractivity contribution in [3.8, 4) is 0 Å². The highest BCUT2D eigenvalue weighted by Gasteiger charge is 2.24. The third-order valence-corrected chi connectivity index (χ3v) is 4.27. The van der Waals surface area contributed by atoms with E-state index in [1.807, 2.05) is 25.1 Å². The maximum atomic E-state index is 12.3. The van der Waals surface area contributed by atoms with E-state index in [0.717, 1.165) is 24.8 Å². The normalized spacial score (nSPS) is 19.0. The number of rotatable bonds is 4. The van der Waals surface area contributed by atoms with E-state index in [2.05, 4.69) is 10.4 Å². The van der Waals surface area contributed by atoms with Crippen LogP contribution in [0.15, 0.2) is 29.1 Å². The van der Waals surface area contributed by atoms with Gasteiger partial charge in [-0.1, -0.05) is 18.2 Å². The smallest absolute Gasteiger partial charge is 0.274 e. The molecule has 2 heterocycles. The van der Waals surface area contributed by atoms with Crippen LogP contribution in [0.3, 0.4) is 0 Å². The van der Waals surface area contributed by atoms with Gasteiger partial charge in [0.05, 0.1) is 29.6 Å². The molecule has 1 amide bonds. The number of aryl methyl sites for hydroxylation is 1. The second kappa shape index (κ2) is 6.50. The van der Waals surface area contributed by atoms with Crippen molar-refractivity contribution in [2.24, 2.45) is 7.05 Å². The molecule has 1 N–H and O–H groups in total. The molecule has 1 aliphatic rings. The molecular formula is C17H21N3O3. The summed E-state index contributed by atoms with van der Waals surface area (Å²) in [6.45, 7) is 2.72. The summed E-state index contributed by atoms with van der Waals surface area (Å²) in [4.78, 5) is 24.4. The number of hydrogen-bond donors (Lipinski definition) is 1. The summed E-state index contributed by atoms with van der Waals surface area (Å²) in [5.74, 6) is -0.107. The molecule has 0 radical (unpaired) electrons. The van der Waals surface area contributed by atoms with E-state index in [0.29, 0.717) is 11.1 Å². The van der Waals surface area contributed by atoms with E-state index >= 15 is 0 Å². The summed E-state index contributed by atoms with van der Waals surface area (Å²) < 4.78 is 6.88. The van der Waals surface area contributed by atoms with E-state index in [9.17, 15) is 9.59 Å². The largest absolute Gasteiger partial charge is 0.376 e. The fourth-order valence-electron chi connectivity index (χ4n) is 3.05. The highest BCUT2D eigenvalue weighted by molar-refractivity contribution is 5.88. The molecule has 1 aliphatic heterocycles. The molecule has 1 fully saturated rings. The highest BCUT2D eigenvalue weighted by Crippen LogP contribution is 2.16. The fraction of sp³-hybridized carbons (Fsp3) is 0.471. The van der Waals surface area contributed by atoms with Gasteiger partial charge in [0.25, 0.3) is 5.56 Å². The Bertz CT molecular complexity index is 778. The van der Waals surface area contributed by atoms with E-state index in [-0.39, 0.29) is 30.0 Å². The molecule has 6 nitrogen and oxygen atoms in total. The van der Waals surface area contributed by atoms with E-state index < -0.39 is 0 Å². The van der Waals surface area contributed by atoms with E-state index in [1.54, 1.807) is 13.1 Å². The molecule has 0 saturated carbocycles. The molecule has 2 aromatic rings. The Morgan fingerprint density at radius 3 is 2.87 bits per heavy atom. The Kier molecular flexibility index (Phi) is 4.43. The number of ether oxygens (including phenoxy) is 1. The second-order valence-electron chi connectivity index (χ2n) is 6.01. The monoisotopic (exact) mass is 315 g/mol. The van der Waals surface area contributed by atoms with Crippen LogP contribution in [0, 0.1) is 0 Å². The summed E-state index contributed by atoms with van der Waals surface area (Å²) >= 11 is 0. The zero-order chi connectivity index (χ0) is 16.4. The molecule has 0 aliphatic carbocycles. The molecule has 0 unspecified atom stereocenters. The van der Waals surface area contributed by atoms with Crippen LogP contribution in [-0.4, -0.2) is 34.4 Å². The second-order valence-corrected chi connectivity index (χ2v) is 6.01. The Labute approximate surface area is 134 Å².